The molecular weight excluding hydrogens is 346 g/mol. The number of carbonyl (C=O) groups is 2. The third-order valence-corrected chi connectivity index (χ3v) is 4.91. The number of anilines is 1. The van der Waals surface area contributed by atoms with Crippen molar-refractivity contribution in [1.29, 1.82) is 0 Å². The van der Waals surface area contributed by atoms with Gasteiger partial charge in [-0.3, -0.25) is 9.59 Å². The van der Waals surface area contributed by atoms with E-state index in [0.717, 1.165) is 32.4 Å². The van der Waals surface area contributed by atoms with E-state index >= 15 is 0 Å². The van der Waals surface area contributed by atoms with Crippen molar-refractivity contribution in [3.63, 3.8) is 0 Å². The number of amides is 2. The number of benzene rings is 1. The van der Waals surface area contributed by atoms with Crippen LogP contribution in [-0.4, -0.2) is 38.6 Å². The van der Waals surface area contributed by atoms with E-state index in [2.05, 4.69) is 10.6 Å². The van der Waals surface area contributed by atoms with Crippen LogP contribution >= 0.6 is 12.4 Å². The topological polar surface area (TPSA) is 103 Å². The lowest BCUT2D eigenvalue weighted by atomic mass is 9.92. The van der Waals surface area contributed by atoms with E-state index in [-0.39, 0.29) is 36.3 Å². The number of hydrogen-bond acceptors (Lipinski definition) is 5. The fourth-order valence-corrected chi connectivity index (χ4v) is 3.44. The Morgan fingerprint density at radius 2 is 2.04 bits per heavy atom. The zero-order valence-corrected chi connectivity index (χ0v) is 15.0. The lowest BCUT2D eigenvalue weighted by Gasteiger charge is -2.23. The first kappa shape index (κ1) is 19.3. The third-order valence-electron chi connectivity index (χ3n) is 4.91. The van der Waals surface area contributed by atoms with Crippen LogP contribution in [-0.2, 0) is 9.59 Å². The van der Waals surface area contributed by atoms with Gasteiger partial charge in [0.15, 0.2) is 18.1 Å². The molecule has 3 rings (SSSR count). The van der Waals surface area contributed by atoms with Crippen LogP contribution in [0.25, 0.3) is 0 Å². The Hall–Kier alpha value is -1.99. The quantitative estimate of drug-likeness (QED) is 0.701. The van der Waals surface area contributed by atoms with Crippen molar-refractivity contribution < 1.29 is 19.1 Å². The first-order valence-electron chi connectivity index (χ1n) is 8.15. The number of hydrogen-bond donors (Lipinski definition) is 3. The van der Waals surface area contributed by atoms with E-state index in [1.165, 1.54) is 7.11 Å². The Kier molecular flexibility index (Phi) is 6.13. The number of nitrogens with one attached hydrogen (secondary N) is 2. The zero-order valence-electron chi connectivity index (χ0n) is 14.2. The Bertz CT molecular complexity index is 647. The van der Waals surface area contributed by atoms with Gasteiger partial charge in [-0.1, -0.05) is 0 Å². The molecule has 2 amide bonds. The number of methoxy groups -OCH3 is 1. The van der Waals surface area contributed by atoms with Crippen molar-refractivity contribution in [2.75, 3.05) is 32.1 Å². The van der Waals surface area contributed by atoms with Crippen LogP contribution in [0.2, 0.25) is 0 Å². The van der Waals surface area contributed by atoms with Crippen LogP contribution in [0.4, 0.5) is 5.69 Å². The van der Waals surface area contributed by atoms with E-state index < -0.39 is 5.91 Å². The molecule has 1 saturated heterocycles. The van der Waals surface area contributed by atoms with Crippen LogP contribution in [0.1, 0.15) is 19.3 Å². The molecule has 1 saturated carbocycles. The predicted molar refractivity (Wildman–Crippen MR) is 96.2 cm³/mol. The maximum Gasteiger partial charge on any atom is 0.255 e. The van der Waals surface area contributed by atoms with Crippen molar-refractivity contribution in [1.82, 2.24) is 5.32 Å². The van der Waals surface area contributed by atoms with Gasteiger partial charge in [-0.2, -0.15) is 0 Å². The molecule has 1 aliphatic carbocycles. The Morgan fingerprint density at radius 1 is 1.32 bits per heavy atom. The lowest BCUT2D eigenvalue weighted by Crippen LogP contribution is -2.31. The number of ether oxygens (including phenoxy) is 2. The molecule has 7 nitrogen and oxygen atoms in total. The van der Waals surface area contributed by atoms with Gasteiger partial charge in [0.1, 0.15) is 0 Å². The molecule has 1 heterocycles. The fraction of sp³-hybridized carbons (Fsp3) is 0.529. The number of rotatable bonds is 6. The van der Waals surface area contributed by atoms with Gasteiger partial charge < -0.3 is 25.8 Å². The summed E-state index contributed by atoms with van der Waals surface area (Å²) in [4.78, 5) is 23.4. The molecule has 1 aliphatic heterocycles. The molecule has 0 radical (unpaired) electrons. The van der Waals surface area contributed by atoms with Gasteiger partial charge in [0.2, 0.25) is 5.91 Å². The van der Waals surface area contributed by atoms with Gasteiger partial charge in [-0.15, -0.1) is 12.4 Å². The molecule has 1 aromatic rings. The first-order chi connectivity index (χ1) is 11.5. The summed E-state index contributed by atoms with van der Waals surface area (Å²) >= 11 is 0. The molecule has 1 aromatic carbocycles. The van der Waals surface area contributed by atoms with Gasteiger partial charge in [-0.25, -0.2) is 0 Å². The largest absolute Gasteiger partial charge is 0.493 e. The van der Waals surface area contributed by atoms with Crippen molar-refractivity contribution in [3.05, 3.63) is 18.2 Å². The summed E-state index contributed by atoms with van der Waals surface area (Å²) < 4.78 is 10.5. The van der Waals surface area contributed by atoms with Gasteiger partial charge in [-0.05, 0) is 49.9 Å². The van der Waals surface area contributed by atoms with Gasteiger partial charge in [0.25, 0.3) is 5.91 Å². The van der Waals surface area contributed by atoms with E-state index in [1.54, 1.807) is 18.2 Å². The predicted octanol–water partition coefficient (Wildman–Crippen LogP) is 1.31. The molecule has 4 N–H and O–H groups in total. The second-order valence-corrected chi connectivity index (χ2v) is 6.48. The number of primary amides is 1. The summed E-state index contributed by atoms with van der Waals surface area (Å²) in [6.07, 6.45) is 3.07. The molecule has 2 aliphatic rings. The first-order valence-corrected chi connectivity index (χ1v) is 8.15. The molecule has 1 unspecified atom stereocenters. The summed E-state index contributed by atoms with van der Waals surface area (Å²) in [6.45, 7) is 1.72. The SMILES string of the molecule is COc1ccc(NC(=O)C2CC23CCNCC3)cc1OCC(N)=O.Cl. The normalized spacial score (nSPS) is 20.3. The zero-order chi connectivity index (χ0) is 17.2. The van der Waals surface area contributed by atoms with Crippen LogP contribution < -0.4 is 25.8 Å². The van der Waals surface area contributed by atoms with Gasteiger partial charge in [0.05, 0.1) is 7.11 Å². The number of nitrogens with two attached hydrogens (primary N) is 1. The molecule has 0 aromatic heterocycles. The number of piperidine rings is 1. The van der Waals surface area contributed by atoms with E-state index in [1.807, 2.05) is 0 Å². The average Bonchev–Trinajstić information content (AvgIpc) is 3.27. The third kappa shape index (κ3) is 4.35. The highest BCUT2D eigenvalue weighted by atomic mass is 35.5. The smallest absolute Gasteiger partial charge is 0.255 e. The molecule has 8 heteroatoms. The van der Waals surface area contributed by atoms with Crippen molar-refractivity contribution >= 4 is 29.9 Å². The maximum atomic E-state index is 12.5. The standard InChI is InChI=1S/C17H23N3O4.ClH/c1-23-13-3-2-11(8-14(13)24-10-15(18)21)20-16(22)12-9-17(12)4-6-19-7-5-17;/h2-3,8,12,19H,4-7,9-10H2,1H3,(H2,18,21)(H,20,22);1H. The molecule has 0 bridgehead atoms. The van der Waals surface area contributed by atoms with Crippen LogP contribution in [0, 0.1) is 11.3 Å². The highest BCUT2D eigenvalue weighted by Crippen LogP contribution is 2.58. The molecule has 25 heavy (non-hydrogen) atoms. The minimum absolute atomic E-state index is 0. The minimum atomic E-state index is -0.572. The van der Waals surface area contributed by atoms with Gasteiger partial charge in [0, 0.05) is 17.7 Å². The highest BCUT2D eigenvalue weighted by Gasteiger charge is 2.57. The average molecular weight is 370 g/mol. The Balaban J connectivity index is 0.00000225. The van der Waals surface area contributed by atoms with Crippen molar-refractivity contribution in [3.8, 4) is 11.5 Å². The van der Waals surface area contributed by atoms with E-state index in [4.69, 9.17) is 15.2 Å². The minimum Gasteiger partial charge on any atom is -0.493 e. The maximum absolute atomic E-state index is 12.5. The second-order valence-electron chi connectivity index (χ2n) is 6.48. The monoisotopic (exact) mass is 369 g/mol. The van der Waals surface area contributed by atoms with Crippen molar-refractivity contribution in [2.45, 2.75) is 19.3 Å². The van der Waals surface area contributed by atoms with Crippen LogP contribution in [0.15, 0.2) is 18.2 Å². The lowest BCUT2D eigenvalue weighted by molar-refractivity contribution is -0.120. The van der Waals surface area contributed by atoms with Crippen molar-refractivity contribution in [2.24, 2.45) is 17.1 Å². The molecule has 1 spiro atoms. The summed E-state index contributed by atoms with van der Waals surface area (Å²) in [5, 5.41) is 6.28. The van der Waals surface area contributed by atoms with E-state index in [0.29, 0.717) is 17.2 Å². The molecule has 2 fully saturated rings. The molecular formula is C17H24ClN3O4. The molecule has 1 atom stereocenters. The molecule has 138 valence electrons. The summed E-state index contributed by atoms with van der Waals surface area (Å²) in [7, 11) is 1.51. The Morgan fingerprint density at radius 3 is 2.68 bits per heavy atom. The van der Waals surface area contributed by atoms with E-state index in [9.17, 15) is 9.59 Å². The second kappa shape index (κ2) is 7.93. The summed E-state index contributed by atoms with van der Waals surface area (Å²) in [5.74, 6) is 0.411. The number of halogens is 1. The fourth-order valence-electron chi connectivity index (χ4n) is 3.44. The highest BCUT2D eigenvalue weighted by molar-refractivity contribution is 5.95. The van der Waals surface area contributed by atoms with Crippen LogP contribution in [0.5, 0.6) is 11.5 Å². The Labute approximate surface area is 153 Å². The number of carbonyl (C=O) groups excluding carboxylic acids is 2. The van der Waals surface area contributed by atoms with Crippen LogP contribution in [0.3, 0.4) is 0 Å². The summed E-state index contributed by atoms with van der Waals surface area (Å²) in [5.41, 5.74) is 5.91. The van der Waals surface area contributed by atoms with Gasteiger partial charge >= 0.3 is 0 Å². The summed E-state index contributed by atoms with van der Waals surface area (Å²) in [6, 6.07) is 5.10.